The first kappa shape index (κ1) is 18.2. The molecule has 2 N–H and O–H groups in total. The summed E-state index contributed by atoms with van der Waals surface area (Å²) in [6, 6.07) is 16.0. The van der Waals surface area contributed by atoms with Crippen LogP contribution in [0.5, 0.6) is 0 Å². The maximum Gasteiger partial charge on any atom is 0.262 e. The Kier molecular flexibility index (Phi) is 5.15. The van der Waals surface area contributed by atoms with Gasteiger partial charge >= 0.3 is 0 Å². The normalized spacial score (nSPS) is 11.2. The fourth-order valence-corrected chi connectivity index (χ4v) is 4.09. The maximum atomic E-state index is 12.9. The SMILES string of the molecule is Cc1cc(S(=O)(=O)Nc2cccnc2Nc2ccccc2)c(C)cc1Cl. The van der Waals surface area contributed by atoms with Gasteiger partial charge in [0.25, 0.3) is 10.0 Å². The third-order valence-corrected chi connectivity index (χ3v) is 5.75. The Labute approximate surface area is 158 Å². The Morgan fingerprint density at radius 2 is 1.69 bits per heavy atom. The lowest BCUT2D eigenvalue weighted by molar-refractivity contribution is 0.600. The van der Waals surface area contributed by atoms with Crippen LogP contribution in [0.1, 0.15) is 11.1 Å². The number of anilines is 3. The van der Waals surface area contributed by atoms with Gasteiger partial charge in [0.05, 0.1) is 10.6 Å². The van der Waals surface area contributed by atoms with Gasteiger partial charge in [-0.1, -0.05) is 29.8 Å². The number of para-hydroxylation sites is 1. The molecule has 0 aliphatic carbocycles. The number of pyridine rings is 1. The molecule has 134 valence electrons. The Morgan fingerprint density at radius 1 is 0.962 bits per heavy atom. The Morgan fingerprint density at radius 3 is 2.42 bits per heavy atom. The molecule has 3 aromatic rings. The highest BCUT2D eigenvalue weighted by Gasteiger charge is 2.20. The average molecular weight is 388 g/mol. The van der Waals surface area contributed by atoms with E-state index in [4.69, 9.17) is 11.6 Å². The van der Waals surface area contributed by atoms with Crippen molar-refractivity contribution in [2.75, 3.05) is 10.0 Å². The van der Waals surface area contributed by atoms with E-state index in [9.17, 15) is 8.42 Å². The van der Waals surface area contributed by atoms with Gasteiger partial charge in [0.1, 0.15) is 0 Å². The second kappa shape index (κ2) is 7.35. The smallest absolute Gasteiger partial charge is 0.262 e. The molecule has 0 saturated carbocycles. The predicted octanol–water partition coefficient (Wildman–Crippen LogP) is 4.90. The van der Waals surface area contributed by atoms with E-state index < -0.39 is 10.0 Å². The zero-order valence-corrected chi connectivity index (χ0v) is 15.9. The van der Waals surface area contributed by atoms with Crippen molar-refractivity contribution >= 4 is 38.8 Å². The molecule has 0 amide bonds. The van der Waals surface area contributed by atoms with Gasteiger partial charge in [0.15, 0.2) is 5.82 Å². The summed E-state index contributed by atoms with van der Waals surface area (Å²) in [4.78, 5) is 4.44. The third kappa shape index (κ3) is 3.98. The Hall–Kier alpha value is -2.57. The minimum Gasteiger partial charge on any atom is -0.338 e. The van der Waals surface area contributed by atoms with E-state index in [0.717, 1.165) is 5.69 Å². The first-order valence-electron chi connectivity index (χ1n) is 7.93. The van der Waals surface area contributed by atoms with E-state index in [1.165, 1.54) is 0 Å². The van der Waals surface area contributed by atoms with E-state index in [-0.39, 0.29) is 4.90 Å². The van der Waals surface area contributed by atoms with Crippen LogP contribution in [-0.4, -0.2) is 13.4 Å². The van der Waals surface area contributed by atoms with Gasteiger partial charge in [-0.3, -0.25) is 4.72 Å². The molecule has 2 aromatic carbocycles. The molecular formula is C19H18ClN3O2S. The van der Waals surface area contributed by atoms with Crippen LogP contribution in [-0.2, 0) is 10.0 Å². The van der Waals surface area contributed by atoms with Crippen molar-refractivity contribution in [3.05, 3.63) is 76.9 Å². The van der Waals surface area contributed by atoms with E-state index >= 15 is 0 Å². The first-order chi connectivity index (χ1) is 12.4. The summed E-state index contributed by atoms with van der Waals surface area (Å²) in [6.45, 7) is 3.49. The van der Waals surface area contributed by atoms with Gasteiger partial charge < -0.3 is 5.32 Å². The predicted molar refractivity (Wildman–Crippen MR) is 106 cm³/mol. The van der Waals surface area contributed by atoms with Crippen molar-refractivity contribution in [2.45, 2.75) is 18.7 Å². The van der Waals surface area contributed by atoms with Crippen LogP contribution in [0.25, 0.3) is 0 Å². The molecule has 0 radical (unpaired) electrons. The van der Waals surface area contributed by atoms with E-state index in [2.05, 4.69) is 15.0 Å². The molecule has 0 bridgehead atoms. The van der Waals surface area contributed by atoms with E-state index in [1.807, 2.05) is 30.3 Å². The second-order valence-electron chi connectivity index (χ2n) is 5.86. The summed E-state index contributed by atoms with van der Waals surface area (Å²) in [7, 11) is -3.79. The van der Waals surface area contributed by atoms with Crippen LogP contribution in [0.4, 0.5) is 17.2 Å². The molecule has 3 rings (SSSR count). The van der Waals surface area contributed by atoms with Crippen LogP contribution in [0.15, 0.2) is 65.7 Å². The lowest BCUT2D eigenvalue weighted by atomic mass is 10.2. The lowest BCUT2D eigenvalue weighted by Crippen LogP contribution is -2.16. The number of aromatic nitrogens is 1. The fraction of sp³-hybridized carbons (Fsp3) is 0.105. The summed E-state index contributed by atoms with van der Waals surface area (Å²) < 4.78 is 28.4. The van der Waals surface area contributed by atoms with Gasteiger partial charge in [-0.25, -0.2) is 13.4 Å². The highest BCUT2D eigenvalue weighted by molar-refractivity contribution is 7.92. The van der Waals surface area contributed by atoms with E-state index in [0.29, 0.717) is 27.7 Å². The zero-order valence-electron chi connectivity index (χ0n) is 14.3. The lowest BCUT2D eigenvalue weighted by Gasteiger charge is -2.15. The minimum atomic E-state index is -3.79. The third-order valence-electron chi connectivity index (χ3n) is 3.83. The summed E-state index contributed by atoms with van der Waals surface area (Å²) in [5, 5.41) is 3.66. The molecule has 0 aliphatic heterocycles. The molecule has 5 nitrogen and oxygen atoms in total. The van der Waals surface area contributed by atoms with Gasteiger partial charge in [-0.15, -0.1) is 0 Å². The van der Waals surface area contributed by atoms with Crippen LogP contribution in [0.3, 0.4) is 0 Å². The molecule has 1 heterocycles. The van der Waals surface area contributed by atoms with Crippen LogP contribution in [0.2, 0.25) is 5.02 Å². The molecule has 0 atom stereocenters. The van der Waals surface area contributed by atoms with Crippen LogP contribution >= 0.6 is 11.6 Å². The largest absolute Gasteiger partial charge is 0.338 e. The molecule has 0 spiro atoms. The number of halogens is 1. The van der Waals surface area contributed by atoms with Crippen molar-refractivity contribution < 1.29 is 8.42 Å². The summed E-state index contributed by atoms with van der Waals surface area (Å²) >= 11 is 6.08. The summed E-state index contributed by atoms with van der Waals surface area (Å²) in [5.74, 6) is 0.422. The number of benzene rings is 2. The number of hydrogen-bond acceptors (Lipinski definition) is 4. The number of nitrogens with zero attached hydrogens (tertiary/aromatic N) is 1. The summed E-state index contributed by atoms with van der Waals surface area (Å²) in [6.07, 6.45) is 1.60. The number of nitrogens with one attached hydrogen (secondary N) is 2. The summed E-state index contributed by atoms with van der Waals surface area (Å²) in [5.41, 5.74) is 2.45. The van der Waals surface area contributed by atoms with Crippen LogP contribution in [0, 0.1) is 13.8 Å². The minimum absolute atomic E-state index is 0.189. The average Bonchev–Trinajstić information content (AvgIpc) is 2.60. The second-order valence-corrected chi connectivity index (χ2v) is 7.92. The Balaban J connectivity index is 1.95. The highest BCUT2D eigenvalue weighted by atomic mass is 35.5. The van der Waals surface area contributed by atoms with Crippen molar-refractivity contribution in [3.63, 3.8) is 0 Å². The van der Waals surface area contributed by atoms with E-state index in [1.54, 1.807) is 44.3 Å². The first-order valence-corrected chi connectivity index (χ1v) is 9.79. The standard InChI is InChI=1S/C19H18ClN3O2S/c1-13-12-18(14(2)11-16(13)20)26(24,25)23-17-9-6-10-21-19(17)22-15-7-4-3-5-8-15/h3-12,23H,1-2H3,(H,21,22). The number of aryl methyl sites for hydroxylation is 2. The topological polar surface area (TPSA) is 71.1 Å². The van der Waals surface area contributed by atoms with Crippen molar-refractivity contribution in [3.8, 4) is 0 Å². The van der Waals surface area contributed by atoms with Gasteiger partial charge in [0.2, 0.25) is 0 Å². The maximum absolute atomic E-state index is 12.9. The highest BCUT2D eigenvalue weighted by Crippen LogP contribution is 2.28. The molecule has 1 aromatic heterocycles. The number of hydrogen-bond donors (Lipinski definition) is 2. The molecule has 0 fully saturated rings. The molecule has 0 aliphatic rings. The number of sulfonamides is 1. The molecular weight excluding hydrogens is 370 g/mol. The van der Waals surface area contributed by atoms with Crippen LogP contribution < -0.4 is 10.0 Å². The quantitative estimate of drug-likeness (QED) is 0.653. The van der Waals surface area contributed by atoms with Gasteiger partial charge in [-0.05, 0) is 61.4 Å². The molecule has 0 saturated heterocycles. The van der Waals surface area contributed by atoms with Crippen molar-refractivity contribution in [2.24, 2.45) is 0 Å². The monoisotopic (exact) mass is 387 g/mol. The Bertz CT molecular complexity index is 1040. The molecule has 26 heavy (non-hydrogen) atoms. The van der Waals surface area contributed by atoms with Gasteiger partial charge in [-0.2, -0.15) is 0 Å². The van der Waals surface area contributed by atoms with Crippen molar-refractivity contribution in [1.82, 2.24) is 4.98 Å². The van der Waals surface area contributed by atoms with Crippen molar-refractivity contribution in [1.29, 1.82) is 0 Å². The molecule has 7 heteroatoms. The number of rotatable bonds is 5. The van der Waals surface area contributed by atoms with Gasteiger partial charge in [0, 0.05) is 16.9 Å². The zero-order chi connectivity index (χ0) is 18.7. The molecule has 0 unspecified atom stereocenters. The fourth-order valence-electron chi connectivity index (χ4n) is 2.49.